The SMILES string of the molecule is C=CCc1c(C(C)C(=O)O)ccc(O)c1O. The highest BCUT2D eigenvalue weighted by Crippen LogP contribution is 2.35. The van der Waals surface area contributed by atoms with Crippen LogP contribution in [0.1, 0.15) is 24.0 Å². The van der Waals surface area contributed by atoms with Crippen LogP contribution in [0.5, 0.6) is 11.5 Å². The number of benzene rings is 1. The molecule has 0 saturated carbocycles. The molecular formula is C12H14O4. The molecule has 1 aromatic carbocycles. The van der Waals surface area contributed by atoms with Gasteiger partial charge in [0.2, 0.25) is 0 Å². The van der Waals surface area contributed by atoms with Crippen LogP contribution in [-0.2, 0) is 11.2 Å². The lowest BCUT2D eigenvalue weighted by atomic mass is 9.93. The molecule has 0 bridgehead atoms. The Morgan fingerprint density at radius 3 is 2.62 bits per heavy atom. The van der Waals surface area contributed by atoms with Gasteiger partial charge in [-0.25, -0.2) is 0 Å². The molecule has 86 valence electrons. The predicted octanol–water partition coefficient (Wildman–Crippen LogP) is 2.01. The molecule has 1 unspecified atom stereocenters. The first kappa shape index (κ1) is 12.1. The molecule has 1 aromatic rings. The van der Waals surface area contributed by atoms with Crippen LogP contribution in [0.4, 0.5) is 0 Å². The van der Waals surface area contributed by atoms with E-state index < -0.39 is 11.9 Å². The van der Waals surface area contributed by atoms with Crippen LogP contribution in [0.25, 0.3) is 0 Å². The molecule has 1 atom stereocenters. The van der Waals surface area contributed by atoms with Crippen LogP contribution in [0.3, 0.4) is 0 Å². The van der Waals surface area contributed by atoms with Crippen molar-refractivity contribution in [2.45, 2.75) is 19.3 Å². The summed E-state index contributed by atoms with van der Waals surface area (Å²) in [6.07, 6.45) is 1.86. The van der Waals surface area contributed by atoms with Crippen molar-refractivity contribution < 1.29 is 20.1 Å². The molecule has 0 heterocycles. The Kier molecular flexibility index (Phi) is 3.55. The van der Waals surface area contributed by atoms with Crippen molar-refractivity contribution in [3.63, 3.8) is 0 Å². The van der Waals surface area contributed by atoms with Crippen molar-refractivity contribution in [3.05, 3.63) is 35.9 Å². The van der Waals surface area contributed by atoms with Gasteiger partial charge in [0, 0.05) is 5.56 Å². The first-order valence-corrected chi connectivity index (χ1v) is 4.86. The minimum absolute atomic E-state index is 0.252. The number of phenols is 2. The third-order valence-corrected chi connectivity index (χ3v) is 2.48. The second-order valence-electron chi connectivity index (χ2n) is 3.55. The molecule has 0 fully saturated rings. The fourth-order valence-corrected chi connectivity index (χ4v) is 1.54. The summed E-state index contributed by atoms with van der Waals surface area (Å²) in [5.41, 5.74) is 0.896. The van der Waals surface area contributed by atoms with Gasteiger partial charge in [-0.3, -0.25) is 4.79 Å². The van der Waals surface area contributed by atoms with Gasteiger partial charge in [-0.15, -0.1) is 6.58 Å². The fraction of sp³-hybridized carbons (Fsp3) is 0.250. The Bertz CT molecular complexity index is 423. The van der Waals surface area contributed by atoms with Crippen LogP contribution in [0.2, 0.25) is 0 Å². The zero-order valence-corrected chi connectivity index (χ0v) is 8.97. The van der Waals surface area contributed by atoms with Crippen LogP contribution in [-0.4, -0.2) is 21.3 Å². The van der Waals surface area contributed by atoms with E-state index in [-0.39, 0.29) is 11.5 Å². The normalized spacial score (nSPS) is 12.1. The van der Waals surface area contributed by atoms with Gasteiger partial charge in [-0.05, 0) is 25.0 Å². The topological polar surface area (TPSA) is 77.8 Å². The van der Waals surface area contributed by atoms with Gasteiger partial charge >= 0.3 is 5.97 Å². The average molecular weight is 222 g/mol. The van der Waals surface area contributed by atoms with Gasteiger partial charge in [0.25, 0.3) is 0 Å². The Hall–Kier alpha value is -1.97. The van der Waals surface area contributed by atoms with E-state index in [4.69, 9.17) is 5.11 Å². The standard InChI is InChI=1S/C12H14O4/c1-3-4-9-8(7(2)12(15)16)5-6-10(13)11(9)14/h3,5-7,13-14H,1,4H2,2H3,(H,15,16). The van der Waals surface area contributed by atoms with Crippen molar-refractivity contribution in [2.24, 2.45) is 0 Å². The minimum Gasteiger partial charge on any atom is -0.504 e. The molecule has 0 aliphatic rings. The summed E-state index contributed by atoms with van der Waals surface area (Å²) in [4.78, 5) is 10.9. The number of aromatic hydroxyl groups is 2. The van der Waals surface area contributed by atoms with Crippen LogP contribution in [0.15, 0.2) is 24.8 Å². The second kappa shape index (κ2) is 4.70. The van der Waals surface area contributed by atoms with Gasteiger partial charge in [0.05, 0.1) is 5.92 Å². The number of aliphatic carboxylic acids is 1. The maximum Gasteiger partial charge on any atom is 0.310 e. The average Bonchev–Trinajstić information content (AvgIpc) is 2.24. The van der Waals surface area contributed by atoms with Gasteiger partial charge in [-0.2, -0.15) is 0 Å². The first-order valence-electron chi connectivity index (χ1n) is 4.86. The molecule has 0 amide bonds. The fourth-order valence-electron chi connectivity index (χ4n) is 1.54. The summed E-state index contributed by atoms with van der Waals surface area (Å²) in [6.45, 7) is 5.06. The molecule has 0 aliphatic heterocycles. The molecule has 4 heteroatoms. The van der Waals surface area contributed by atoms with E-state index in [1.54, 1.807) is 6.08 Å². The number of hydrogen-bond donors (Lipinski definition) is 3. The minimum atomic E-state index is -0.976. The molecule has 0 radical (unpaired) electrons. The van der Waals surface area contributed by atoms with E-state index in [2.05, 4.69) is 6.58 Å². The molecular weight excluding hydrogens is 208 g/mol. The molecule has 4 nitrogen and oxygen atoms in total. The van der Waals surface area contributed by atoms with Gasteiger partial charge in [-0.1, -0.05) is 12.1 Å². The molecule has 3 N–H and O–H groups in total. The van der Waals surface area contributed by atoms with Crippen molar-refractivity contribution >= 4 is 5.97 Å². The number of allylic oxidation sites excluding steroid dienone is 1. The molecule has 0 aliphatic carbocycles. The second-order valence-corrected chi connectivity index (χ2v) is 3.55. The molecule has 0 spiro atoms. The zero-order chi connectivity index (χ0) is 12.3. The lowest BCUT2D eigenvalue weighted by molar-refractivity contribution is -0.138. The molecule has 16 heavy (non-hydrogen) atoms. The van der Waals surface area contributed by atoms with E-state index in [0.29, 0.717) is 17.5 Å². The van der Waals surface area contributed by atoms with Crippen LogP contribution in [0, 0.1) is 0 Å². The number of carboxylic acid groups (broad SMARTS) is 1. The summed E-state index contributed by atoms with van der Waals surface area (Å²) in [7, 11) is 0. The highest BCUT2D eigenvalue weighted by Gasteiger charge is 2.20. The predicted molar refractivity (Wildman–Crippen MR) is 59.7 cm³/mol. The third-order valence-electron chi connectivity index (χ3n) is 2.48. The summed E-state index contributed by atoms with van der Waals surface area (Å²) in [5.74, 6) is -2.24. The Labute approximate surface area is 93.5 Å². The van der Waals surface area contributed by atoms with Crippen LogP contribution >= 0.6 is 0 Å². The number of carbonyl (C=O) groups is 1. The number of phenolic OH excluding ortho intramolecular Hbond substituents is 2. The van der Waals surface area contributed by atoms with Crippen molar-refractivity contribution in [1.82, 2.24) is 0 Å². The summed E-state index contributed by atoms with van der Waals surface area (Å²) in [6, 6.07) is 2.80. The Balaban J connectivity index is 3.32. The maximum atomic E-state index is 10.9. The zero-order valence-electron chi connectivity index (χ0n) is 8.97. The summed E-state index contributed by atoms with van der Waals surface area (Å²) in [5, 5.41) is 27.9. The lowest BCUT2D eigenvalue weighted by Crippen LogP contribution is -2.10. The van der Waals surface area contributed by atoms with Gasteiger partial charge in [0.1, 0.15) is 0 Å². The quantitative estimate of drug-likeness (QED) is 0.538. The number of hydrogen-bond acceptors (Lipinski definition) is 3. The van der Waals surface area contributed by atoms with Crippen molar-refractivity contribution in [3.8, 4) is 11.5 Å². The van der Waals surface area contributed by atoms with Gasteiger partial charge in [0.15, 0.2) is 11.5 Å². The lowest BCUT2D eigenvalue weighted by Gasteiger charge is -2.14. The van der Waals surface area contributed by atoms with Crippen molar-refractivity contribution in [2.75, 3.05) is 0 Å². The molecule has 1 rings (SSSR count). The maximum absolute atomic E-state index is 10.9. The summed E-state index contributed by atoms with van der Waals surface area (Å²) < 4.78 is 0. The smallest absolute Gasteiger partial charge is 0.310 e. The molecule has 0 saturated heterocycles. The van der Waals surface area contributed by atoms with Gasteiger partial charge < -0.3 is 15.3 Å². The number of rotatable bonds is 4. The Morgan fingerprint density at radius 2 is 2.12 bits per heavy atom. The highest BCUT2D eigenvalue weighted by atomic mass is 16.4. The third kappa shape index (κ3) is 2.16. The number of carboxylic acids is 1. The molecule has 0 aromatic heterocycles. The van der Waals surface area contributed by atoms with E-state index in [1.165, 1.54) is 19.1 Å². The van der Waals surface area contributed by atoms with Crippen LogP contribution < -0.4 is 0 Å². The van der Waals surface area contributed by atoms with E-state index in [9.17, 15) is 15.0 Å². The monoisotopic (exact) mass is 222 g/mol. The van der Waals surface area contributed by atoms with E-state index in [0.717, 1.165) is 0 Å². The highest BCUT2D eigenvalue weighted by molar-refractivity contribution is 5.77. The Morgan fingerprint density at radius 1 is 1.50 bits per heavy atom. The largest absolute Gasteiger partial charge is 0.504 e. The van der Waals surface area contributed by atoms with Crippen molar-refractivity contribution in [1.29, 1.82) is 0 Å². The van der Waals surface area contributed by atoms with E-state index >= 15 is 0 Å². The van der Waals surface area contributed by atoms with E-state index in [1.807, 2.05) is 0 Å². The first-order chi connectivity index (χ1) is 7.49. The summed E-state index contributed by atoms with van der Waals surface area (Å²) >= 11 is 0.